The first-order valence-electron chi connectivity index (χ1n) is 3.30. The first-order valence-corrected chi connectivity index (χ1v) is 3.30. The van der Waals surface area contributed by atoms with Crippen LogP contribution in [0.4, 0.5) is 0 Å². The molecule has 0 bridgehead atoms. The van der Waals surface area contributed by atoms with E-state index in [9.17, 15) is 4.79 Å². The van der Waals surface area contributed by atoms with Crippen LogP contribution < -0.4 is 11.5 Å². The van der Waals surface area contributed by atoms with Crippen LogP contribution in [0.2, 0.25) is 0 Å². The average molecular weight is 184 g/mol. The van der Waals surface area contributed by atoms with Gasteiger partial charge in [-0.05, 0) is 17.4 Å². The highest BCUT2D eigenvalue weighted by Gasteiger charge is 2.43. The SMILES string of the molecule is CC1(C(=O)O)C(N)=NN=NN=C1N. The van der Waals surface area contributed by atoms with Gasteiger partial charge in [0.25, 0.3) is 0 Å². The molecule has 1 rings (SSSR count). The van der Waals surface area contributed by atoms with E-state index in [-0.39, 0.29) is 11.7 Å². The van der Waals surface area contributed by atoms with Crippen molar-refractivity contribution in [2.75, 3.05) is 0 Å². The molecule has 70 valence electrons. The van der Waals surface area contributed by atoms with Crippen LogP contribution in [-0.4, -0.2) is 22.7 Å². The molecule has 0 saturated heterocycles. The summed E-state index contributed by atoms with van der Waals surface area (Å²) in [5.41, 5.74) is 9.08. The third-order valence-electron chi connectivity index (χ3n) is 1.80. The zero-order valence-electron chi connectivity index (χ0n) is 6.80. The van der Waals surface area contributed by atoms with Gasteiger partial charge in [0.05, 0.1) is 0 Å². The fraction of sp³-hybridized carbons (Fsp3) is 0.400. The second-order valence-electron chi connectivity index (χ2n) is 2.58. The zero-order valence-corrected chi connectivity index (χ0v) is 6.80. The number of hydrogen-bond acceptors (Lipinski definition) is 7. The second-order valence-corrected chi connectivity index (χ2v) is 2.58. The number of carboxylic acid groups (broad SMARTS) is 1. The molecular weight excluding hydrogens is 176 g/mol. The van der Waals surface area contributed by atoms with Crippen LogP contribution in [0.1, 0.15) is 6.92 Å². The topological polar surface area (TPSA) is 139 Å². The van der Waals surface area contributed by atoms with Crippen molar-refractivity contribution in [3.8, 4) is 0 Å². The van der Waals surface area contributed by atoms with Crippen molar-refractivity contribution in [3.63, 3.8) is 0 Å². The number of nitrogens with two attached hydrogens (primary N) is 2. The molecule has 0 aromatic heterocycles. The van der Waals surface area contributed by atoms with E-state index >= 15 is 0 Å². The van der Waals surface area contributed by atoms with E-state index in [0.29, 0.717) is 0 Å². The van der Waals surface area contributed by atoms with E-state index in [1.807, 2.05) is 0 Å². The Morgan fingerprint density at radius 1 is 1.31 bits per heavy atom. The monoisotopic (exact) mass is 184 g/mol. The van der Waals surface area contributed by atoms with Crippen LogP contribution in [0.5, 0.6) is 0 Å². The first-order chi connectivity index (χ1) is 5.99. The highest BCUT2D eigenvalue weighted by atomic mass is 16.4. The van der Waals surface area contributed by atoms with E-state index in [2.05, 4.69) is 20.6 Å². The standard InChI is InChI=1S/C5H8N6O2/c1-5(4(12)13)2(6)8-10-11-9-3(5)7/h1H3,(H,12,13)(H2,6,8,11)(H2,7,9,10). The van der Waals surface area contributed by atoms with E-state index in [1.165, 1.54) is 6.92 Å². The number of nitrogens with zero attached hydrogens (tertiary/aromatic N) is 4. The van der Waals surface area contributed by atoms with Crippen molar-refractivity contribution in [2.24, 2.45) is 37.5 Å². The van der Waals surface area contributed by atoms with Crippen LogP contribution in [-0.2, 0) is 4.79 Å². The van der Waals surface area contributed by atoms with Gasteiger partial charge in [-0.15, -0.1) is 10.2 Å². The predicted molar refractivity (Wildman–Crippen MR) is 43.8 cm³/mol. The van der Waals surface area contributed by atoms with Crippen molar-refractivity contribution in [3.05, 3.63) is 0 Å². The van der Waals surface area contributed by atoms with Gasteiger partial charge in [0.1, 0.15) is 11.7 Å². The van der Waals surface area contributed by atoms with Crippen molar-refractivity contribution in [1.29, 1.82) is 0 Å². The molecule has 0 atom stereocenters. The summed E-state index contributed by atoms with van der Waals surface area (Å²) in [6.45, 7) is 1.28. The van der Waals surface area contributed by atoms with Gasteiger partial charge in [0, 0.05) is 0 Å². The third kappa shape index (κ3) is 1.21. The molecule has 8 heteroatoms. The number of carboxylic acids is 1. The summed E-state index contributed by atoms with van der Waals surface area (Å²) in [6.07, 6.45) is 0. The summed E-state index contributed by atoms with van der Waals surface area (Å²) in [4.78, 5) is 10.8. The Kier molecular flexibility index (Phi) is 1.97. The maximum Gasteiger partial charge on any atom is 0.324 e. The summed E-state index contributed by atoms with van der Waals surface area (Å²) < 4.78 is 0. The molecule has 8 nitrogen and oxygen atoms in total. The Balaban J connectivity index is 3.27. The molecule has 0 radical (unpaired) electrons. The fourth-order valence-electron chi connectivity index (χ4n) is 0.687. The van der Waals surface area contributed by atoms with Crippen molar-refractivity contribution >= 4 is 17.6 Å². The maximum atomic E-state index is 10.8. The van der Waals surface area contributed by atoms with E-state index in [4.69, 9.17) is 16.6 Å². The lowest BCUT2D eigenvalue weighted by atomic mass is 9.88. The van der Waals surface area contributed by atoms with Crippen LogP contribution in [0, 0.1) is 5.41 Å². The molecule has 1 aliphatic heterocycles. The molecule has 0 saturated carbocycles. The zero-order chi connectivity index (χ0) is 10.1. The normalized spacial score (nSPS) is 20.1. The Labute approximate surface area is 73.0 Å². The third-order valence-corrected chi connectivity index (χ3v) is 1.80. The highest BCUT2D eigenvalue weighted by molar-refractivity contribution is 6.22. The van der Waals surface area contributed by atoms with Gasteiger partial charge in [-0.3, -0.25) is 4.79 Å². The van der Waals surface area contributed by atoms with Gasteiger partial charge < -0.3 is 16.6 Å². The molecule has 0 aromatic rings. The van der Waals surface area contributed by atoms with Gasteiger partial charge in [-0.1, -0.05) is 0 Å². The lowest BCUT2D eigenvalue weighted by Crippen LogP contribution is -2.50. The van der Waals surface area contributed by atoms with Crippen LogP contribution >= 0.6 is 0 Å². The molecule has 0 aliphatic carbocycles. The minimum atomic E-state index is -1.64. The Morgan fingerprint density at radius 2 is 1.69 bits per heavy atom. The molecule has 13 heavy (non-hydrogen) atoms. The van der Waals surface area contributed by atoms with Gasteiger partial charge in [0.2, 0.25) is 0 Å². The summed E-state index contributed by atoms with van der Waals surface area (Å²) in [6, 6.07) is 0. The fourth-order valence-corrected chi connectivity index (χ4v) is 0.687. The molecule has 1 heterocycles. The average Bonchev–Trinajstić information content (AvgIpc) is 2.19. The Morgan fingerprint density at radius 3 is 2.00 bits per heavy atom. The number of hydrogen-bond donors (Lipinski definition) is 3. The van der Waals surface area contributed by atoms with Crippen molar-refractivity contribution in [2.45, 2.75) is 6.92 Å². The predicted octanol–water partition coefficient (Wildman–Crippen LogP) is -0.912. The summed E-state index contributed by atoms with van der Waals surface area (Å²) in [5.74, 6) is -1.74. The molecule has 0 amide bonds. The molecule has 0 fully saturated rings. The maximum absolute atomic E-state index is 10.8. The quantitative estimate of drug-likeness (QED) is 0.485. The second kappa shape index (κ2) is 2.81. The lowest BCUT2D eigenvalue weighted by Gasteiger charge is -2.20. The summed E-state index contributed by atoms with van der Waals surface area (Å²) >= 11 is 0. The first kappa shape index (κ1) is 9.10. The molecular formula is C5H8N6O2. The Bertz CT molecular complexity index is 308. The minimum Gasteiger partial charge on any atom is -0.480 e. The van der Waals surface area contributed by atoms with Crippen molar-refractivity contribution < 1.29 is 9.90 Å². The number of rotatable bonds is 1. The lowest BCUT2D eigenvalue weighted by molar-refractivity contribution is -0.141. The van der Waals surface area contributed by atoms with Gasteiger partial charge in [0.15, 0.2) is 5.41 Å². The number of carbonyl (C=O) groups is 1. The van der Waals surface area contributed by atoms with Gasteiger partial charge in [-0.25, -0.2) is 0 Å². The summed E-state index contributed by atoms with van der Waals surface area (Å²) in [7, 11) is 0. The molecule has 0 unspecified atom stereocenters. The number of aliphatic carboxylic acids is 1. The van der Waals surface area contributed by atoms with E-state index < -0.39 is 11.4 Å². The molecule has 1 aliphatic rings. The van der Waals surface area contributed by atoms with Gasteiger partial charge in [-0.2, -0.15) is 0 Å². The number of amidine groups is 2. The smallest absolute Gasteiger partial charge is 0.324 e. The largest absolute Gasteiger partial charge is 0.480 e. The minimum absolute atomic E-state index is 0.248. The Hall–Kier alpha value is -1.99. The van der Waals surface area contributed by atoms with E-state index in [1.54, 1.807) is 0 Å². The highest BCUT2D eigenvalue weighted by Crippen LogP contribution is 2.19. The van der Waals surface area contributed by atoms with E-state index in [0.717, 1.165) is 0 Å². The van der Waals surface area contributed by atoms with Crippen LogP contribution in [0.25, 0.3) is 0 Å². The molecule has 0 aromatic carbocycles. The van der Waals surface area contributed by atoms with Crippen molar-refractivity contribution in [1.82, 2.24) is 0 Å². The summed E-state index contributed by atoms with van der Waals surface area (Å²) in [5, 5.41) is 21.8. The van der Waals surface area contributed by atoms with Crippen LogP contribution in [0.3, 0.4) is 0 Å². The van der Waals surface area contributed by atoms with Gasteiger partial charge >= 0.3 is 5.97 Å². The molecule has 5 N–H and O–H groups in total. The molecule has 0 spiro atoms. The van der Waals surface area contributed by atoms with Crippen LogP contribution in [0.15, 0.2) is 20.6 Å².